The van der Waals surface area contributed by atoms with Gasteiger partial charge >= 0.3 is 6.09 Å². The lowest BCUT2D eigenvalue weighted by atomic mass is 10.2. The smallest absolute Gasteiger partial charge is 0.410 e. The fourth-order valence-electron chi connectivity index (χ4n) is 1.88. The molecular formula is C15H25N3O2. The molecule has 1 atom stereocenters. The van der Waals surface area contributed by atoms with Crippen LogP contribution in [0.15, 0.2) is 4.99 Å². The minimum Gasteiger partial charge on any atom is -0.444 e. The van der Waals surface area contributed by atoms with Crippen molar-refractivity contribution in [3.05, 3.63) is 0 Å². The highest BCUT2D eigenvalue weighted by Crippen LogP contribution is 2.11. The van der Waals surface area contributed by atoms with Crippen LogP contribution < -0.4 is 5.32 Å². The first-order valence-corrected chi connectivity index (χ1v) is 7.09. The summed E-state index contributed by atoms with van der Waals surface area (Å²) in [7, 11) is 0. The van der Waals surface area contributed by atoms with Gasteiger partial charge in [-0.1, -0.05) is 19.3 Å². The number of nitrogens with zero attached hydrogens (tertiary/aromatic N) is 2. The van der Waals surface area contributed by atoms with E-state index in [1.807, 2.05) is 20.8 Å². The molecule has 0 fully saturated rings. The Kier molecular flexibility index (Phi) is 5.87. The maximum atomic E-state index is 12.0. The number of hydrogen-bond acceptors (Lipinski definition) is 4. The molecule has 0 saturated carbocycles. The molecule has 0 aromatic heterocycles. The molecule has 0 radical (unpaired) electrons. The Morgan fingerprint density at radius 2 is 2.30 bits per heavy atom. The maximum Gasteiger partial charge on any atom is 0.410 e. The summed E-state index contributed by atoms with van der Waals surface area (Å²) in [5.41, 5.74) is -0.483. The SMILES string of the molecule is C#CC(CCC)NC1=NCCN(C(=O)OC(C)(C)C)C1. The number of amidine groups is 1. The molecule has 0 aromatic rings. The van der Waals surface area contributed by atoms with E-state index in [0.717, 1.165) is 18.7 Å². The zero-order chi connectivity index (χ0) is 15.2. The molecular weight excluding hydrogens is 254 g/mol. The summed E-state index contributed by atoms with van der Waals surface area (Å²) in [5.74, 6) is 3.47. The summed E-state index contributed by atoms with van der Waals surface area (Å²) in [6.45, 7) is 9.24. The number of rotatable bonds is 3. The van der Waals surface area contributed by atoms with Gasteiger partial charge in [0.2, 0.25) is 0 Å². The van der Waals surface area contributed by atoms with Crippen LogP contribution in [-0.4, -0.2) is 48.1 Å². The van der Waals surface area contributed by atoms with E-state index in [1.54, 1.807) is 4.90 Å². The highest BCUT2D eigenvalue weighted by molar-refractivity contribution is 5.88. The first kappa shape index (κ1) is 16.4. The van der Waals surface area contributed by atoms with Crippen molar-refractivity contribution in [1.82, 2.24) is 10.2 Å². The van der Waals surface area contributed by atoms with E-state index in [9.17, 15) is 4.79 Å². The molecule has 1 rings (SSSR count). The molecule has 1 N–H and O–H groups in total. The fourth-order valence-corrected chi connectivity index (χ4v) is 1.88. The second-order valence-electron chi connectivity index (χ2n) is 5.88. The number of carbonyl (C=O) groups excluding carboxylic acids is 1. The van der Waals surface area contributed by atoms with Gasteiger partial charge in [-0.3, -0.25) is 9.89 Å². The highest BCUT2D eigenvalue weighted by Gasteiger charge is 2.25. The van der Waals surface area contributed by atoms with Crippen LogP contribution in [-0.2, 0) is 4.74 Å². The van der Waals surface area contributed by atoms with Crippen molar-refractivity contribution in [2.24, 2.45) is 4.99 Å². The van der Waals surface area contributed by atoms with Gasteiger partial charge < -0.3 is 10.1 Å². The Morgan fingerprint density at radius 3 is 2.85 bits per heavy atom. The third-order valence-electron chi connectivity index (χ3n) is 2.78. The third kappa shape index (κ3) is 5.52. The van der Waals surface area contributed by atoms with E-state index in [1.165, 1.54) is 0 Å². The predicted octanol–water partition coefficient (Wildman–Crippen LogP) is 2.03. The van der Waals surface area contributed by atoms with Gasteiger partial charge in [0.1, 0.15) is 11.4 Å². The van der Waals surface area contributed by atoms with Gasteiger partial charge in [-0.25, -0.2) is 4.79 Å². The molecule has 0 aromatic carbocycles. The van der Waals surface area contributed by atoms with Gasteiger partial charge in [0.15, 0.2) is 0 Å². The second kappa shape index (κ2) is 7.18. The Morgan fingerprint density at radius 1 is 1.60 bits per heavy atom. The Labute approximate surface area is 121 Å². The van der Waals surface area contributed by atoms with Crippen LogP contribution in [0.25, 0.3) is 0 Å². The lowest BCUT2D eigenvalue weighted by molar-refractivity contribution is 0.0276. The molecule has 1 unspecified atom stereocenters. The van der Waals surface area contributed by atoms with Crippen molar-refractivity contribution >= 4 is 11.9 Å². The number of aliphatic imine (C=N–C) groups is 1. The molecule has 1 aliphatic rings. The molecule has 5 nitrogen and oxygen atoms in total. The average Bonchev–Trinajstić information content (AvgIpc) is 2.36. The Balaban J connectivity index is 2.56. The van der Waals surface area contributed by atoms with Crippen LogP contribution in [0.2, 0.25) is 0 Å². The van der Waals surface area contributed by atoms with E-state index in [-0.39, 0.29) is 12.1 Å². The van der Waals surface area contributed by atoms with E-state index >= 15 is 0 Å². The summed E-state index contributed by atoms with van der Waals surface area (Å²) >= 11 is 0. The van der Waals surface area contributed by atoms with E-state index in [0.29, 0.717) is 19.6 Å². The summed E-state index contributed by atoms with van der Waals surface area (Å²) in [6.07, 6.45) is 7.07. The summed E-state index contributed by atoms with van der Waals surface area (Å²) in [6, 6.07) is -0.0302. The van der Waals surface area contributed by atoms with Crippen LogP contribution in [0.1, 0.15) is 40.5 Å². The molecule has 20 heavy (non-hydrogen) atoms. The van der Waals surface area contributed by atoms with Crippen LogP contribution in [0.5, 0.6) is 0 Å². The molecule has 0 aliphatic carbocycles. The zero-order valence-corrected chi connectivity index (χ0v) is 12.9. The third-order valence-corrected chi connectivity index (χ3v) is 2.78. The average molecular weight is 279 g/mol. The van der Waals surface area contributed by atoms with Gasteiger partial charge in [0.05, 0.1) is 19.1 Å². The van der Waals surface area contributed by atoms with Crippen LogP contribution in [0, 0.1) is 12.3 Å². The van der Waals surface area contributed by atoms with Gasteiger partial charge in [0.25, 0.3) is 0 Å². The zero-order valence-electron chi connectivity index (χ0n) is 12.9. The van der Waals surface area contributed by atoms with E-state index in [4.69, 9.17) is 11.2 Å². The molecule has 1 aliphatic heterocycles. The Bertz CT molecular complexity index is 404. The van der Waals surface area contributed by atoms with Gasteiger partial charge in [-0.15, -0.1) is 6.42 Å². The minimum absolute atomic E-state index is 0.0302. The number of nitrogens with one attached hydrogen (secondary N) is 1. The van der Waals surface area contributed by atoms with Crippen LogP contribution >= 0.6 is 0 Å². The number of terminal acetylenes is 1. The van der Waals surface area contributed by atoms with Crippen molar-refractivity contribution < 1.29 is 9.53 Å². The minimum atomic E-state index is -0.483. The van der Waals surface area contributed by atoms with Crippen molar-refractivity contribution in [2.75, 3.05) is 19.6 Å². The van der Waals surface area contributed by atoms with E-state index in [2.05, 4.69) is 23.2 Å². The predicted molar refractivity (Wildman–Crippen MR) is 80.8 cm³/mol. The number of hydrogen-bond donors (Lipinski definition) is 1. The van der Waals surface area contributed by atoms with Crippen molar-refractivity contribution in [3.63, 3.8) is 0 Å². The lowest BCUT2D eigenvalue weighted by Gasteiger charge is -2.30. The maximum absolute atomic E-state index is 12.0. The number of carbonyl (C=O) groups is 1. The molecule has 0 spiro atoms. The normalized spacial score (nSPS) is 16.9. The summed E-state index contributed by atoms with van der Waals surface area (Å²) in [4.78, 5) is 18.1. The molecule has 1 heterocycles. The van der Waals surface area contributed by atoms with Gasteiger partial charge in [-0.05, 0) is 27.2 Å². The quantitative estimate of drug-likeness (QED) is 0.804. The first-order chi connectivity index (χ1) is 9.35. The monoisotopic (exact) mass is 279 g/mol. The van der Waals surface area contributed by atoms with Crippen LogP contribution in [0.4, 0.5) is 4.79 Å². The molecule has 5 heteroatoms. The Hall–Kier alpha value is -1.70. The van der Waals surface area contributed by atoms with Crippen molar-refractivity contribution in [3.8, 4) is 12.3 Å². The first-order valence-electron chi connectivity index (χ1n) is 7.09. The van der Waals surface area contributed by atoms with Gasteiger partial charge in [-0.2, -0.15) is 0 Å². The summed E-state index contributed by atoms with van der Waals surface area (Å²) in [5, 5.41) is 3.22. The number of amides is 1. The largest absolute Gasteiger partial charge is 0.444 e. The molecule has 0 saturated heterocycles. The highest BCUT2D eigenvalue weighted by atomic mass is 16.6. The van der Waals surface area contributed by atoms with Crippen molar-refractivity contribution in [1.29, 1.82) is 0 Å². The standard InChI is InChI=1S/C15H25N3O2/c1-6-8-12(7-2)17-13-11-18(10-9-16-13)14(19)20-15(3,4)5/h2,12H,6,8-11H2,1,3-5H3,(H,16,17). The summed E-state index contributed by atoms with van der Waals surface area (Å²) < 4.78 is 5.37. The lowest BCUT2D eigenvalue weighted by Crippen LogP contribution is -2.49. The van der Waals surface area contributed by atoms with Crippen molar-refractivity contribution in [2.45, 2.75) is 52.2 Å². The fraction of sp³-hybridized carbons (Fsp3) is 0.733. The number of ether oxygens (including phenoxy) is 1. The second-order valence-corrected chi connectivity index (χ2v) is 5.88. The molecule has 1 amide bonds. The molecule has 112 valence electrons. The van der Waals surface area contributed by atoms with Gasteiger partial charge in [0, 0.05) is 6.54 Å². The van der Waals surface area contributed by atoms with Crippen LogP contribution in [0.3, 0.4) is 0 Å². The molecule has 0 bridgehead atoms. The topological polar surface area (TPSA) is 53.9 Å². The van der Waals surface area contributed by atoms with E-state index < -0.39 is 5.60 Å².